The highest BCUT2D eigenvalue weighted by Crippen LogP contribution is 2.27. The smallest absolute Gasteiger partial charge is 0.423 e. The van der Waals surface area contributed by atoms with Crippen LogP contribution in [-0.2, 0) is 18.4 Å². The molecular formula is C56H41BBr4N10O2. The molecule has 0 atom stereocenters. The fourth-order valence-electron chi connectivity index (χ4n) is 7.06. The largest absolute Gasteiger partial charge is 0.488 e. The molecule has 0 saturated carbocycles. The lowest BCUT2D eigenvalue weighted by molar-refractivity contribution is 0.426. The van der Waals surface area contributed by atoms with Crippen molar-refractivity contribution >= 4 is 97.8 Å². The van der Waals surface area contributed by atoms with E-state index in [1.54, 1.807) is 52.4 Å². The van der Waals surface area contributed by atoms with Gasteiger partial charge in [-0.2, -0.15) is 31.2 Å². The van der Waals surface area contributed by atoms with Crippen LogP contribution in [-0.4, -0.2) is 46.7 Å². The van der Waals surface area contributed by atoms with Crippen molar-refractivity contribution in [2.24, 2.45) is 0 Å². The summed E-state index contributed by atoms with van der Waals surface area (Å²) in [6, 6.07) is 59.2. The first-order valence-electron chi connectivity index (χ1n) is 22.0. The summed E-state index contributed by atoms with van der Waals surface area (Å²) in [5.74, 6) is 0. The lowest BCUT2D eigenvalue weighted by Crippen LogP contribution is -2.29. The van der Waals surface area contributed by atoms with Gasteiger partial charge in [0.2, 0.25) is 0 Å². The molecule has 0 fully saturated rings. The van der Waals surface area contributed by atoms with Crippen LogP contribution in [0.15, 0.2) is 196 Å². The van der Waals surface area contributed by atoms with Crippen LogP contribution in [0.5, 0.6) is 0 Å². The summed E-state index contributed by atoms with van der Waals surface area (Å²) in [4.78, 5) is 7.81. The molecule has 0 spiro atoms. The molecule has 12 nitrogen and oxygen atoms in total. The number of benzene rings is 8. The van der Waals surface area contributed by atoms with Gasteiger partial charge in [0.1, 0.15) is 25.3 Å². The summed E-state index contributed by atoms with van der Waals surface area (Å²) in [5, 5.41) is 66.7. The highest BCUT2D eigenvalue weighted by molar-refractivity contribution is 9.11. The number of rotatable bonds is 7. The molecule has 2 heterocycles. The van der Waals surface area contributed by atoms with Gasteiger partial charge in [-0.3, -0.25) is 0 Å². The molecule has 0 aliphatic rings. The summed E-state index contributed by atoms with van der Waals surface area (Å²) in [6.07, 6.45) is 6.26. The van der Waals surface area contributed by atoms with E-state index < -0.39 is 7.12 Å². The van der Waals surface area contributed by atoms with Crippen molar-refractivity contribution in [2.75, 3.05) is 0 Å². The molecule has 0 saturated heterocycles. The molecule has 0 aliphatic heterocycles. The Kier molecular flexibility index (Phi) is 20.9. The van der Waals surface area contributed by atoms with Gasteiger partial charge in [0.05, 0.1) is 59.6 Å². The van der Waals surface area contributed by atoms with E-state index in [4.69, 9.17) is 25.8 Å². The highest BCUT2D eigenvalue weighted by Gasteiger charge is 2.11. The Morgan fingerprint density at radius 3 is 1.40 bits per heavy atom. The Morgan fingerprint density at radius 1 is 0.479 bits per heavy atom. The van der Waals surface area contributed by atoms with E-state index in [2.05, 4.69) is 145 Å². The molecule has 10 aromatic rings. The molecule has 73 heavy (non-hydrogen) atoms. The van der Waals surface area contributed by atoms with Gasteiger partial charge in [-0.25, -0.2) is 19.3 Å². The maximum atomic E-state index is 9.35. The molecule has 0 radical (unpaired) electrons. The van der Waals surface area contributed by atoms with Crippen molar-refractivity contribution in [1.82, 2.24) is 29.5 Å². The molecule has 0 aliphatic carbocycles. The Morgan fingerprint density at radius 2 is 0.904 bits per heavy atom. The van der Waals surface area contributed by atoms with Crippen molar-refractivity contribution in [1.29, 1.82) is 21.0 Å². The van der Waals surface area contributed by atoms with Gasteiger partial charge < -0.3 is 10.0 Å². The number of fused-ring (bicyclic) bond motifs is 2. The van der Waals surface area contributed by atoms with Crippen LogP contribution in [0.2, 0.25) is 0 Å². The molecule has 0 amide bonds. The number of halogens is 4. The second kappa shape index (κ2) is 27.9. The maximum Gasteiger partial charge on any atom is 0.488 e. The minimum Gasteiger partial charge on any atom is -0.423 e. The van der Waals surface area contributed by atoms with Crippen molar-refractivity contribution < 1.29 is 10.0 Å². The highest BCUT2D eigenvalue weighted by atomic mass is 79.9. The maximum absolute atomic E-state index is 9.35. The fourth-order valence-corrected chi connectivity index (χ4v) is 8.82. The molecule has 0 bridgehead atoms. The van der Waals surface area contributed by atoms with Crippen LogP contribution >= 0.6 is 63.7 Å². The number of aryl methyl sites for hydroxylation is 1. The molecule has 17 heteroatoms. The minimum atomic E-state index is -1.38. The average Bonchev–Trinajstić information content (AvgIpc) is 4.14. The lowest BCUT2D eigenvalue weighted by Gasteiger charge is -2.09. The predicted octanol–water partition coefficient (Wildman–Crippen LogP) is 12.3. The Hall–Kier alpha value is -7.58. The first-order valence-corrected chi connectivity index (χ1v) is 25.5. The van der Waals surface area contributed by atoms with E-state index in [1.807, 2.05) is 97.9 Å². The van der Waals surface area contributed by atoms with Gasteiger partial charge in [-0.15, -0.1) is 0 Å². The molecular weight excluding hydrogens is 1180 g/mol. The summed E-state index contributed by atoms with van der Waals surface area (Å²) in [6.45, 7) is 3.01. The van der Waals surface area contributed by atoms with E-state index >= 15 is 0 Å². The summed E-state index contributed by atoms with van der Waals surface area (Å²) < 4.78 is 6.38. The van der Waals surface area contributed by atoms with Crippen LogP contribution in [0.3, 0.4) is 0 Å². The van der Waals surface area contributed by atoms with Gasteiger partial charge in [-0.05, 0) is 140 Å². The van der Waals surface area contributed by atoms with Gasteiger partial charge in [0.25, 0.3) is 0 Å². The molecule has 8 aromatic carbocycles. The third kappa shape index (κ3) is 16.2. The standard InChI is InChI=1S/C20H14N4.C10H9BO2.C10H7BrN4.C8H5Br2N.C8H6BrN/c21-11-19-8-7-18(10-20(19)12-24-14-22-13-23-24)17-6-5-15-3-1-2-4-16(15)9-17;12-11(13)10-6-5-8-3-1-2-4-9(8)7-10;11-10-2-1-8(4-12)9(3-10)5-15-7-13-6-14-15;9-4-7-3-8(10)2-1-6(7)5-11;1-6-4-8(9)3-2-7(6)5-10/h1-10,13-14H,12H2;1-7,12-13H;1-3,6-7H,5H2;1-3H,4H2;2-4H,1H3. The SMILES string of the molecule is Cc1cc(Br)ccc1C#N.N#Cc1ccc(-c2ccc3ccccc3c2)cc1Cn1cncn1.N#Cc1ccc(Br)cc1CBr.N#Cc1ccc(Br)cc1Cn1cncn1.OB(O)c1ccc2ccccc2c1. The van der Waals surface area contributed by atoms with Crippen LogP contribution < -0.4 is 5.46 Å². The van der Waals surface area contributed by atoms with E-state index in [9.17, 15) is 5.26 Å². The van der Waals surface area contributed by atoms with Crippen molar-refractivity contribution in [3.05, 3.63) is 241 Å². The summed E-state index contributed by atoms with van der Waals surface area (Å²) in [5.41, 5.74) is 9.44. The lowest BCUT2D eigenvalue weighted by atomic mass is 9.79. The normalized spacial score (nSPS) is 9.96. The molecule has 10 rings (SSSR count). The van der Waals surface area contributed by atoms with Crippen molar-refractivity contribution in [3.63, 3.8) is 0 Å². The van der Waals surface area contributed by atoms with Gasteiger partial charge >= 0.3 is 7.12 Å². The van der Waals surface area contributed by atoms with E-state index in [1.165, 1.54) is 23.4 Å². The Labute approximate surface area is 456 Å². The number of nitriles is 4. The molecule has 0 unspecified atom stereocenters. The number of nitrogens with zero attached hydrogens (tertiary/aromatic N) is 10. The fraction of sp³-hybridized carbons (Fsp3) is 0.0714. The minimum absolute atomic E-state index is 0.527. The first kappa shape index (κ1) is 54.8. The van der Waals surface area contributed by atoms with E-state index in [0.717, 1.165) is 74.0 Å². The van der Waals surface area contributed by atoms with Crippen LogP contribution in [0.25, 0.3) is 32.7 Å². The third-order valence-electron chi connectivity index (χ3n) is 10.8. The van der Waals surface area contributed by atoms with E-state index in [0.29, 0.717) is 29.7 Å². The van der Waals surface area contributed by atoms with Gasteiger partial charge in [-0.1, -0.05) is 149 Å². The number of hydrogen-bond donors (Lipinski definition) is 2. The van der Waals surface area contributed by atoms with Gasteiger partial charge in [0.15, 0.2) is 0 Å². The molecule has 358 valence electrons. The topological polar surface area (TPSA) is 197 Å². The number of aromatic nitrogens is 6. The Balaban J connectivity index is 0.000000156. The summed E-state index contributed by atoms with van der Waals surface area (Å²) in [7, 11) is -1.38. The van der Waals surface area contributed by atoms with Gasteiger partial charge in [0, 0.05) is 18.7 Å². The predicted molar refractivity (Wildman–Crippen MR) is 300 cm³/mol. The summed E-state index contributed by atoms with van der Waals surface area (Å²) >= 11 is 13.3. The number of hydrogen-bond acceptors (Lipinski definition) is 10. The molecule has 2 N–H and O–H groups in total. The average molecular weight is 1220 g/mol. The first-order chi connectivity index (χ1) is 35.4. The zero-order valence-corrected chi connectivity index (χ0v) is 45.2. The van der Waals surface area contributed by atoms with E-state index in [-0.39, 0.29) is 0 Å². The van der Waals surface area contributed by atoms with Crippen LogP contribution in [0, 0.1) is 52.2 Å². The van der Waals surface area contributed by atoms with Crippen LogP contribution in [0.4, 0.5) is 0 Å². The van der Waals surface area contributed by atoms with Crippen molar-refractivity contribution in [3.8, 4) is 35.4 Å². The van der Waals surface area contributed by atoms with Crippen LogP contribution in [0.1, 0.15) is 44.5 Å². The monoisotopic (exact) mass is 1210 g/mol. The second-order valence-electron chi connectivity index (χ2n) is 15.7. The third-order valence-corrected chi connectivity index (χ3v) is 12.9. The zero-order chi connectivity index (χ0) is 52.1. The quantitative estimate of drug-likeness (QED) is 0.114. The number of alkyl halides is 1. The second-order valence-corrected chi connectivity index (χ2v) is 19.1. The van der Waals surface area contributed by atoms with Crippen molar-refractivity contribution in [2.45, 2.75) is 25.3 Å². The zero-order valence-electron chi connectivity index (χ0n) is 38.9. The molecule has 2 aromatic heterocycles. The Bertz CT molecular complexity index is 3620.